The van der Waals surface area contributed by atoms with E-state index in [1.165, 1.54) is 23.0 Å². The van der Waals surface area contributed by atoms with Gasteiger partial charge in [0.25, 0.3) is 12.3 Å². The van der Waals surface area contributed by atoms with Crippen LogP contribution in [0.15, 0.2) is 43.0 Å². The van der Waals surface area contributed by atoms with Crippen LogP contribution in [0.2, 0.25) is 0 Å². The Balaban J connectivity index is 1.46. The molecule has 1 saturated heterocycles. The molecule has 4 heterocycles. The SMILES string of the molecule is CCc1cc(Nc2nccn3c(-c4cn(CC(F)F)nc4C(F)(F)F)cnc23)ccc1C(=O)NC1CNC1. The van der Waals surface area contributed by atoms with Crippen LogP contribution < -0.4 is 16.0 Å². The predicted molar refractivity (Wildman–Crippen MR) is 128 cm³/mol. The fourth-order valence-electron chi connectivity index (χ4n) is 4.24. The van der Waals surface area contributed by atoms with Crippen molar-refractivity contribution in [3.8, 4) is 11.3 Å². The first kappa shape index (κ1) is 25.6. The van der Waals surface area contributed by atoms with Crippen molar-refractivity contribution >= 4 is 23.1 Å². The molecule has 200 valence electrons. The van der Waals surface area contributed by atoms with E-state index < -0.39 is 24.8 Å². The molecule has 0 atom stereocenters. The van der Waals surface area contributed by atoms with Gasteiger partial charge in [0.15, 0.2) is 17.2 Å². The Bertz CT molecular complexity index is 1470. The molecule has 9 nitrogen and oxygen atoms in total. The Morgan fingerprint density at radius 1 is 1.24 bits per heavy atom. The van der Waals surface area contributed by atoms with Gasteiger partial charge in [-0.05, 0) is 30.2 Å². The van der Waals surface area contributed by atoms with Crippen LogP contribution in [0.4, 0.5) is 33.5 Å². The Kier molecular flexibility index (Phi) is 6.73. The number of hydrogen-bond donors (Lipinski definition) is 3. The monoisotopic (exact) mass is 534 g/mol. The van der Waals surface area contributed by atoms with Gasteiger partial charge in [-0.2, -0.15) is 18.3 Å². The summed E-state index contributed by atoms with van der Waals surface area (Å²) in [6, 6.07) is 5.31. The smallest absolute Gasteiger partial charge is 0.347 e. The zero-order chi connectivity index (χ0) is 27.0. The molecule has 14 heteroatoms. The summed E-state index contributed by atoms with van der Waals surface area (Å²) in [6.45, 7) is 2.41. The van der Waals surface area contributed by atoms with Gasteiger partial charge in [0.05, 0.1) is 23.5 Å². The minimum absolute atomic E-state index is 0.0186. The van der Waals surface area contributed by atoms with Crippen molar-refractivity contribution in [1.29, 1.82) is 0 Å². The number of fused-ring (bicyclic) bond motifs is 1. The number of nitrogens with zero attached hydrogens (tertiary/aromatic N) is 5. The fourth-order valence-corrected chi connectivity index (χ4v) is 4.24. The summed E-state index contributed by atoms with van der Waals surface area (Å²) in [5.74, 6) is 0.0953. The summed E-state index contributed by atoms with van der Waals surface area (Å²) >= 11 is 0. The van der Waals surface area contributed by atoms with E-state index in [9.17, 15) is 26.7 Å². The molecule has 5 rings (SSSR count). The highest BCUT2D eigenvalue weighted by atomic mass is 19.4. The maximum Gasteiger partial charge on any atom is 0.435 e. The second kappa shape index (κ2) is 10.0. The maximum atomic E-state index is 13.7. The van der Waals surface area contributed by atoms with Crippen LogP contribution in [0, 0.1) is 0 Å². The van der Waals surface area contributed by atoms with Crippen molar-refractivity contribution in [2.45, 2.75) is 38.5 Å². The molecule has 0 aliphatic carbocycles. The number of benzene rings is 1. The number of hydrogen-bond acceptors (Lipinski definition) is 6. The molecule has 1 aliphatic heterocycles. The lowest BCUT2D eigenvalue weighted by Crippen LogP contribution is -2.57. The molecule has 1 aromatic carbocycles. The molecular weight excluding hydrogens is 511 g/mol. The van der Waals surface area contributed by atoms with Crippen LogP contribution in [0.1, 0.15) is 28.5 Å². The first-order valence-electron chi connectivity index (χ1n) is 11.8. The number of anilines is 2. The number of rotatable bonds is 8. The Labute approximate surface area is 213 Å². The number of aromatic nitrogens is 5. The number of halogens is 5. The topological polar surface area (TPSA) is 101 Å². The van der Waals surface area contributed by atoms with E-state index in [4.69, 9.17) is 0 Å². The van der Waals surface area contributed by atoms with Crippen molar-refractivity contribution in [2.75, 3.05) is 18.4 Å². The zero-order valence-corrected chi connectivity index (χ0v) is 20.1. The molecule has 1 amide bonds. The summed E-state index contributed by atoms with van der Waals surface area (Å²) < 4.78 is 68.6. The molecule has 0 spiro atoms. The van der Waals surface area contributed by atoms with Gasteiger partial charge in [0.1, 0.15) is 6.54 Å². The summed E-state index contributed by atoms with van der Waals surface area (Å²) in [4.78, 5) is 21.2. The van der Waals surface area contributed by atoms with E-state index in [1.54, 1.807) is 18.2 Å². The van der Waals surface area contributed by atoms with Crippen molar-refractivity contribution in [1.82, 2.24) is 34.8 Å². The molecular formula is C24H23F5N8O. The van der Waals surface area contributed by atoms with Gasteiger partial charge in [-0.15, -0.1) is 0 Å². The average molecular weight is 534 g/mol. The highest BCUT2D eigenvalue weighted by Crippen LogP contribution is 2.37. The number of aryl methyl sites for hydroxylation is 1. The molecule has 1 fully saturated rings. The number of carbonyl (C=O) groups is 1. The highest BCUT2D eigenvalue weighted by molar-refractivity contribution is 5.96. The molecule has 38 heavy (non-hydrogen) atoms. The van der Waals surface area contributed by atoms with Crippen LogP contribution in [0.5, 0.6) is 0 Å². The van der Waals surface area contributed by atoms with Crippen molar-refractivity contribution in [3.05, 3.63) is 59.8 Å². The normalized spacial score (nSPS) is 14.2. The third-order valence-electron chi connectivity index (χ3n) is 6.17. The van der Waals surface area contributed by atoms with Gasteiger partial charge in [0.2, 0.25) is 0 Å². The highest BCUT2D eigenvalue weighted by Gasteiger charge is 2.38. The van der Waals surface area contributed by atoms with Gasteiger partial charge < -0.3 is 16.0 Å². The first-order valence-corrected chi connectivity index (χ1v) is 11.8. The summed E-state index contributed by atoms with van der Waals surface area (Å²) in [6.07, 6.45) is -2.19. The number of alkyl halides is 5. The lowest BCUT2D eigenvalue weighted by Gasteiger charge is -2.28. The molecule has 4 aromatic rings. The second-order valence-electron chi connectivity index (χ2n) is 8.79. The molecule has 0 saturated carbocycles. The van der Waals surface area contributed by atoms with E-state index in [1.807, 2.05) is 6.92 Å². The third kappa shape index (κ3) is 5.03. The molecule has 0 radical (unpaired) electrons. The number of amides is 1. The Morgan fingerprint density at radius 3 is 2.68 bits per heavy atom. The minimum atomic E-state index is -4.86. The lowest BCUT2D eigenvalue weighted by atomic mass is 10.0. The van der Waals surface area contributed by atoms with E-state index in [-0.39, 0.29) is 34.7 Å². The zero-order valence-electron chi connectivity index (χ0n) is 20.1. The van der Waals surface area contributed by atoms with Gasteiger partial charge in [-0.1, -0.05) is 6.92 Å². The summed E-state index contributed by atoms with van der Waals surface area (Å²) in [7, 11) is 0. The lowest BCUT2D eigenvalue weighted by molar-refractivity contribution is -0.141. The van der Waals surface area contributed by atoms with Gasteiger partial charge in [-0.25, -0.2) is 18.7 Å². The van der Waals surface area contributed by atoms with Crippen LogP contribution in [0.3, 0.4) is 0 Å². The largest absolute Gasteiger partial charge is 0.435 e. The molecule has 1 aliphatic rings. The summed E-state index contributed by atoms with van der Waals surface area (Å²) in [5.41, 5.74) is 0.532. The van der Waals surface area contributed by atoms with E-state index in [0.29, 0.717) is 22.4 Å². The average Bonchev–Trinajstić information content (AvgIpc) is 3.45. The molecule has 3 aromatic heterocycles. The van der Waals surface area contributed by atoms with Gasteiger partial charge >= 0.3 is 6.18 Å². The number of nitrogens with one attached hydrogen (secondary N) is 3. The quantitative estimate of drug-likeness (QED) is 0.297. The maximum absolute atomic E-state index is 13.7. The summed E-state index contributed by atoms with van der Waals surface area (Å²) in [5, 5.41) is 12.5. The van der Waals surface area contributed by atoms with Gasteiger partial charge in [-0.3, -0.25) is 13.9 Å². The van der Waals surface area contributed by atoms with Crippen LogP contribution in [-0.2, 0) is 19.1 Å². The van der Waals surface area contributed by atoms with E-state index >= 15 is 0 Å². The van der Waals surface area contributed by atoms with Crippen molar-refractivity contribution in [3.63, 3.8) is 0 Å². The number of carbonyl (C=O) groups excluding carboxylic acids is 1. The van der Waals surface area contributed by atoms with Crippen LogP contribution >= 0.6 is 0 Å². The van der Waals surface area contributed by atoms with Crippen LogP contribution in [0.25, 0.3) is 16.9 Å². The number of imidazole rings is 1. The van der Waals surface area contributed by atoms with Crippen molar-refractivity contribution in [2.24, 2.45) is 0 Å². The van der Waals surface area contributed by atoms with Gasteiger partial charge in [0, 0.05) is 42.9 Å². The molecule has 0 unspecified atom stereocenters. The van der Waals surface area contributed by atoms with Crippen LogP contribution in [-0.4, -0.2) is 55.6 Å². The third-order valence-corrected chi connectivity index (χ3v) is 6.17. The van der Waals surface area contributed by atoms with Crippen molar-refractivity contribution < 1.29 is 26.7 Å². The Hall–Kier alpha value is -4.07. The predicted octanol–water partition coefficient (Wildman–Crippen LogP) is 3.88. The van der Waals surface area contributed by atoms with E-state index in [2.05, 4.69) is 31.0 Å². The first-order chi connectivity index (χ1) is 18.1. The standard InChI is InChI=1S/C24H23F5N8O/c1-2-13-7-14(3-4-16(13)23(38)34-15-8-30-9-15)33-21-22-32-10-18(37(22)6-5-31-21)17-11-36(12-19(25)26)35-20(17)24(27,28)29/h3-7,10-11,15,19,30H,2,8-9,12H2,1H3,(H,31,33)(H,34,38). The molecule has 0 bridgehead atoms. The Morgan fingerprint density at radius 2 is 2.03 bits per heavy atom. The fraction of sp³-hybridized carbons (Fsp3) is 0.333. The molecule has 3 N–H and O–H groups in total. The minimum Gasteiger partial charge on any atom is -0.347 e. The second-order valence-corrected chi connectivity index (χ2v) is 8.79. The van der Waals surface area contributed by atoms with E-state index in [0.717, 1.165) is 24.8 Å².